The summed E-state index contributed by atoms with van der Waals surface area (Å²) in [6.45, 7) is 2.77. The minimum absolute atomic E-state index is 0.0328. The first-order valence-corrected chi connectivity index (χ1v) is 12.5. The normalized spacial score (nSPS) is 16.0. The van der Waals surface area contributed by atoms with Crippen LogP contribution in [0, 0.1) is 0 Å². The van der Waals surface area contributed by atoms with E-state index in [4.69, 9.17) is 24.8 Å². The van der Waals surface area contributed by atoms with E-state index >= 15 is 0 Å². The Morgan fingerprint density at radius 2 is 1.51 bits per heavy atom. The lowest BCUT2D eigenvalue weighted by Gasteiger charge is -2.38. The van der Waals surface area contributed by atoms with Gasteiger partial charge >= 0.3 is 24.3 Å². The number of nitrogens with zero attached hydrogens (tertiary/aromatic N) is 3. The van der Waals surface area contributed by atoms with Crippen molar-refractivity contribution in [2.75, 3.05) is 13.1 Å². The van der Waals surface area contributed by atoms with Gasteiger partial charge in [-0.2, -0.15) is 26.3 Å². The molecule has 3 aromatic rings. The van der Waals surface area contributed by atoms with Gasteiger partial charge in [-0.15, -0.1) is 11.3 Å². The summed E-state index contributed by atoms with van der Waals surface area (Å²) in [5.41, 5.74) is 2.96. The number of pyridine rings is 1. The number of hydrogen-bond donors (Lipinski definition) is 3. The molecular weight excluding hydrogens is 582 g/mol. The number of halogens is 6. The fourth-order valence-corrected chi connectivity index (χ4v) is 5.11. The molecule has 0 saturated carbocycles. The van der Waals surface area contributed by atoms with Gasteiger partial charge in [0.25, 0.3) is 5.91 Å². The molecule has 4 heterocycles. The number of carboxylic acids is 2. The first-order chi connectivity index (χ1) is 19.1. The Labute approximate surface area is 232 Å². The molecule has 0 aliphatic carbocycles. The summed E-state index contributed by atoms with van der Waals surface area (Å²) >= 11 is 1.51. The fourth-order valence-electron chi connectivity index (χ4n) is 4.04. The third kappa shape index (κ3) is 8.23. The van der Waals surface area contributed by atoms with E-state index in [0.717, 1.165) is 53.6 Å². The lowest BCUT2D eigenvalue weighted by molar-refractivity contribution is -0.193. The van der Waals surface area contributed by atoms with Crippen molar-refractivity contribution in [2.24, 2.45) is 0 Å². The number of benzene rings is 1. The van der Waals surface area contributed by atoms with Crippen LogP contribution in [0.2, 0.25) is 0 Å². The van der Waals surface area contributed by atoms with Crippen LogP contribution < -0.4 is 5.32 Å². The molecule has 0 unspecified atom stereocenters. The summed E-state index contributed by atoms with van der Waals surface area (Å²) in [5, 5.41) is 18.4. The zero-order chi connectivity index (χ0) is 30.4. The van der Waals surface area contributed by atoms with Crippen LogP contribution in [0.3, 0.4) is 0 Å². The van der Waals surface area contributed by atoms with E-state index in [9.17, 15) is 31.1 Å². The predicted molar refractivity (Wildman–Crippen MR) is 133 cm³/mol. The molecular formula is C25H22F6N4O5S. The molecule has 2 aliphatic rings. The third-order valence-electron chi connectivity index (χ3n) is 5.98. The second-order valence-electron chi connectivity index (χ2n) is 8.84. The Hall–Kier alpha value is -4.05. The molecule has 2 aromatic heterocycles. The van der Waals surface area contributed by atoms with E-state index in [0.29, 0.717) is 0 Å². The van der Waals surface area contributed by atoms with Crippen molar-refractivity contribution in [2.45, 2.75) is 37.3 Å². The fraction of sp³-hybridized carbons (Fsp3) is 0.320. The number of alkyl halides is 6. The number of hydrogen-bond acceptors (Lipinski definition) is 7. The van der Waals surface area contributed by atoms with Crippen LogP contribution in [0.5, 0.6) is 0 Å². The summed E-state index contributed by atoms with van der Waals surface area (Å²) in [7, 11) is 0. The average Bonchev–Trinajstić information content (AvgIpc) is 3.46. The summed E-state index contributed by atoms with van der Waals surface area (Å²) in [6, 6.07) is 14.2. The first kappa shape index (κ1) is 31.5. The lowest BCUT2D eigenvalue weighted by atomic mass is 9.86. The maximum absolute atomic E-state index is 12.6. The van der Waals surface area contributed by atoms with Crippen LogP contribution in [-0.4, -0.2) is 68.4 Å². The Kier molecular flexibility index (Phi) is 9.70. The number of carboxylic acid groups (broad SMARTS) is 2. The van der Waals surface area contributed by atoms with E-state index in [1.807, 2.05) is 30.5 Å². The highest BCUT2D eigenvalue weighted by Gasteiger charge is 2.48. The van der Waals surface area contributed by atoms with Crippen molar-refractivity contribution >= 4 is 29.2 Å². The summed E-state index contributed by atoms with van der Waals surface area (Å²) in [4.78, 5) is 42.7. The van der Waals surface area contributed by atoms with Gasteiger partial charge in [-0.25, -0.2) is 14.6 Å². The van der Waals surface area contributed by atoms with Crippen molar-refractivity contribution in [3.8, 4) is 10.6 Å². The molecule has 5 rings (SSSR count). The second-order valence-corrected chi connectivity index (χ2v) is 9.84. The second kappa shape index (κ2) is 12.6. The van der Waals surface area contributed by atoms with Gasteiger partial charge in [0.2, 0.25) is 0 Å². The van der Waals surface area contributed by atoms with Crippen LogP contribution in [0.25, 0.3) is 10.6 Å². The number of carbonyl (C=O) groups excluding carboxylic acids is 1. The number of piperidine rings is 1. The zero-order valence-corrected chi connectivity index (χ0v) is 21.7. The Morgan fingerprint density at radius 3 is 2.00 bits per heavy atom. The molecule has 0 radical (unpaired) electrons. The highest BCUT2D eigenvalue weighted by atomic mass is 32.1. The van der Waals surface area contributed by atoms with Gasteiger partial charge in [-0.1, -0.05) is 36.4 Å². The standard InChI is InChI=1S/C21H20N4OS.2C2HF3O2/c26-19-17-18(23-20(27-17)16-6-2-1-3-7-16)21(24-19)8-11-25(12-9-21)14-15-5-4-10-22-13-15;2*3-2(4,5)1(6)7/h1-7,10,13H,8-9,11-12,14H2,(H,24,26);2*(H,6,7). The Morgan fingerprint density at radius 1 is 0.951 bits per heavy atom. The monoisotopic (exact) mass is 604 g/mol. The van der Waals surface area contributed by atoms with Crippen molar-refractivity contribution in [1.82, 2.24) is 20.2 Å². The highest BCUT2D eigenvalue weighted by molar-refractivity contribution is 7.17. The zero-order valence-electron chi connectivity index (χ0n) is 20.9. The van der Waals surface area contributed by atoms with Crippen molar-refractivity contribution in [3.05, 3.63) is 71.0 Å². The third-order valence-corrected chi connectivity index (χ3v) is 7.09. The van der Waals surface area contributed by atoms with Crippen molar-refractivity contribution in [3.63, 3.8) is 0 Å². The molecule has 1 spiro atoms. The molecule has 1 fully saturated rings. The minimum atomic E-state index is -5.08. The number of fused-ring (bicyclic) bond motifs is 2. The Balaban J connectivity index is 0.000000276. The number of aliphatic carboxylic acids is 2. The van der Waals surface area contributed by atoms with Gasteiger partial charge in [0.05, 0.1) is 11.2 Å². The van der Waals surface area contributed by atoms with Gasteiger partial charge in [0.1, 0.15) is 9.88 Å². The molecule has 16 heteroatoms. The molecule has 3 N–H and O–H groups in total. The Bertz CT molecular complexity index is 1330. The maximum atomic E-state index is 12.6. The molecule has 1 saturated heterocycles. The maximum Gasteiger partial charge on any atom is 0.490 e. The number of rotatable bonds is 3. The van der Waals surface area contributed by atoms with Gasteiger partial charge in [0, 0.05) is 37.6 Å². The SMILES string of the molecule is O=C(O)C(F)(F)F.O=C(O)C(F)(F)F.O=C1NC2(CCN(Cc3cccnc3)CC2)c2nc(-c3ccccc3)sc21. The number of nitrogens with one attached hydrogen (secondary N) is 1. The summed E-state index contributed by atoms with van der Waals surface area (Å²) < 4.78 is 63.5. The van der Waals surface area contributed by atoms with E-state index < -0.39 is 24.3 Å². The molecule has 1 aromatic carbocycles. The molecule has 0 atom stereocenters. The number of amides is 1. The quantitative estimate of drug-likeness (QED) is 0.367. The van der Waals surface area contributed by atoms with Crippen molar-refractivity contribution in [1.29, 1.82) is 0 Å². The highest BCUT2D eigenvalue weighted by Crippen LogP contribution is 2.43. The largest absolute Gasteiger partial charge is 0.490 e. The molecule has 1 amide bonds. The van der Waals surface area contributed by atoms with Gasteiger partial charge < -0.3 is 15.5 Å². The smallest absolute Gasteiger partial charge is 0.475 e. The van der Waals surface area contributed by atoms with Gasteiger partial charge in [0.15, 0.2) is 0 Å². The van der Waals surface area contributed by atoms with Crippen LogP contribution in [0.1, 0.15) is 33.8 Å². The lowest BCUT2D eigenvalue weighted by Crippen LogP contribution is -2.49. The van der Waals surface area contributed by atoms with E-state index in [-0.39, 0.29) is 11.4 Å². The average molecular weight is 605 g/mol. The van der Waals surface area contributed by atoms with Crippen LogP contribution in [0.15, 0.2) is 54.9 Å². The minimum Gasteiger partial charge on any atom is -0.475 e. The van der Waals surface area contributed by atoms with E-state index in [2.05, 4.69) is 33.4 Å². The molecule has 9 nitrogen and oxygen atoms in total. The summed E-state index contributed by atoms with van der Waals surface area (Å²) in [5.74, 6) is -5.48. The number of carbonyl (C=O) groups is 3. The molecule has 0 bridgehead atoms. The number of thiazole rings is 1. The molecule has 220 valence electrons. The molecule has 2 aliphatic heterocycles. The topological polar surface area (TPSA) is 133 Å². The van der Waals surface area contributed by atoms with Gasteiger partial charge in [-0.05, 0) is 24.5 Å². The van der Waals surface area contributed by atoms with Crippen LogP contribution in [-0.2, 0) is 21.7 Å². The van der Waals surface area contributed by atoms with Crippen LogP contribution in [0.4, 0.5) is 26.3 Å². The summed E-state index contributed by atoms with van der Waals surface area (Å²) in [6.07, 6.45) is -4.66. The number of aromatic nitrogens is 2. The van der Waals surface area contributed by atoms with E-state index in [1.165, 1.54) is 16.9 Å². The predicted octanol–water partition coefficient (Wildman–Crippen LogP) is 4.71. The van der Waals surface area contributed by atoms with Crippen LogP contribution >= 0.6 is 11.3 Å². The van der Waals surface area contributed by atoms with E-state index in [1.54, 1.807) is 6.20 Å². The first-order valence-electron chi connectivity index (χ1n) is 11.7. The van der Waals surface area contributed by atoms with Gasteiger partial charge in [-0.3, -0.25) is 14.7 Å². The molecule has 41 heavy (non-hydrogen) atoms. The van der Waals surface area contributed by atoms with Crippen molar-refractivity contribution < 1.29 is 50.9 Å². The number of likely N-dealkylation sites (tertiary alicyclic amines) is 1.